The van der Waals surface area contributed by atoms with Crippen LogP contribution in [0.15, 0.2) is 48.4 Å². The van der Waals surface area contributed by atoms with Crippen molar-refractivity contribution in [2.45, 2.75) is 117 Å². The largest absolute Gasteiger partial charge is 0.455 e. The van der Waals surface area contributed by atoms with Gasteiger partial charge in [0.05, 0.1) is 12.6 Å². The van der Waals surface area contributed by atoms with E-state index in [-0.39, 0.29) is 61.1 Å². The first-order valence-electron chi connectivity index (χ1n) is 19.7. The van der Waals surface area contributed by atoms with Crippen molar-refractivity contribution < 1.29 is 33.4 Å². The van der Waals surface area contributed by atoms with Crippen LogP contribution in [0.1, 0.15) is 107 Å². The highest BCUT2D eigenvalue weighted by Crippen LogP contribution is 2.32. The van der Waals surface area contributed by atoms with E-state index in [9.17, 15) is 24.0 Å². The highest BCUT2D eigenvalue weighted by molar-refractivity contribution is 7.09. The van der Waals surface area contributed by atoms with Gasteiger partial charge in [-0.3, -0.25) is 34.3 Å². The number of carbonyl (C=O) groups excluding carboxylic acids is 5. The molecule has 5 N–H and O–H groups in total. The molecular weight excluding hydrogens is 735 g/mol. The molecule has 2 aromatic rings. The molecule has 0 spiro atoms. The Kier molecular flexibility index (Phi) is 19.1. The number of thiazole rings is 1. The van der Waals surface area contributed by atoms with Crippen LogP contribution in [0.3, 0.4) is 0 Å². The summed E-state index contributed by atoms with van der Waals surface area (Å²) in [6.07, 6.45) is 5.01. The van der Waals surface area contributed by atoms with E-state index in [1.165, 1.54) is 18.3 Å². The van der Waals surface area contributed by atoms with E-state index >= 15 is 0 Å². The van der Waals surface area contributed by atoms with E-state index in [1.54, 1.807) is 23.3 Å². The van der Waals surface area contributed by atoms with E-state index in [4.69, 9.17) is 15.3 Å². The van der Waals surface area contributed by atoms with Gasteiger partial charge in [0.25, 0.3) is 5.91 Å². The van der Waals surface area contributed by atoms with E-state index < -0.39 is 42.0 Å². The number of amides is 4. The molecule has 1 fully saturated rings. The number of nitrogens with zero attached hydrogens (tertiary/aromatic N) is 3. The number of ether oxygens (including phenoxy) is 2. The van der Waals surface area contributed by atoms with Crippen LogP contribution in [0.5, 0.6) is 0 Å². The molecule has 0 bridgehead atoms. The lowest BCUT2D eigenvalue weighted by molar-refractivity contribution is -0.152. The van der Waals surface area contributed by atoms with Crippen LogP contribution in [0.4, 0.5) is 0 Å². The van der Waals surface area contributed by atoms with Gasteiger partial charge in [0.15, 0.2) is 6.10 Å². The number of benzene rings is 1. The average Bonchev–Trinajstić information content (AvgIpc) is 3.67. The predicted molar refractivity (Wildman–Crippen MR) is 217 cm³/mol. The van der Waals surface area contributed by atoms with Gasteiger partial charge < -0.3 is 25.0 Å². The van der Waals surface area contributed by atoms with Crippen molar-refractivity contribution in [3.63, 3.8) is 0 Å². The van der Waals surface area contributed by atoms with Crippen LogP contribution >= 0.6 is 11.3 Å². The van der Waals surface area contributed by atoms with Crippen molar-refractivity contribution in [1.82, 2.24) is 30.8 Å². The maximum absolute atomic E-state index is 14.7. The number of hydrogen-bond donors (Lipinski definition) is 4. The van der Waals surface area contributed by atoms with Crippen molar-refractivity contribution in [1.29, 1.82) is 0 Å². The summed E-state index contributed by atoms with van der Waals surface area (Å²) in [4.78, 5) is 75.1. The Morgan fingerprint density at radius 3 is 2.41 bits per heavy atom. The Morgan fingerprint density at radius 1 is 1.09 bits per heavy atom. The summed E-state index contributed by atoms with van der Waals surface area (Å²) in [6, 6.07) is 7.56. The number of esters is 1. The van der Waals surface area contributed by atoms with Crippen LogP contribution in [0.2, 0.25) is 0 Å². The summed E-state index contributed by atoms with van der Waals surface area (Å²) in [5, 5.41) is 8.13. The third-order valence-electron chi connectivity index (χ3n) is 10.5. The molecule has 1 aromatic heterocycles. The zero-order chi connectivity index (χ0) is 41.4. The quantitative estimate of drug-likeness (QED) is 0.0251. The first-order chi connectivity index (χ1) is 26.7. The molecule has 1 aliphatic rings. The molecule has 1 saturated heterocycles. The lowest BCUT2D eigenvalue weighted by Crippen LogP contribution is -2.59. The zero-order valence-electron chi connectivity index (χ0n) is 34.1. The summed E-state index contributed by atoms with van der Waals surface area (Å²) in [7, 11) is 1.93. The second-order valence-corrected chi connectivity index (χ2v) is 16.1. The van der Waals surface area contributed by atoms with Crippen LogP contribution in [0, 0.1) is 17.8 Å². The average molecular weight is 798 g/mol. The number of rotatable bonds is 22. The van der Waals surface area contributed by atoms with Gasteiger partial charge in [0.2, 0.25) is 17.7 Å². The molecule has 7 atom stereocenters. The van der Waals surface area contributed by atoms with Gasteiger partial charge in [0.1, 0.15) is 23.5 Å². The van der Waals surface area contributed by atoms with E-state index in [2.05, 4.69) is 27.6 Å². The fourth-order valence-corrected chi connectivity index (χ4v) is 7.86. The van der Waals surface area contributed by atoms with E-state index in [1.807, 2.05) is 70.0 Å². The number of hydrogen-bond acceptors (Lipinski definition) is 11. The molecule has 1 aliphatic heterocycles. The van der Waals surface area contributed by atoms with Crippen molar-refractivity contribution >= 4 is 40.9 Å². The number of carbonyl (C=O) groups is 5. The molecule has 3 rings (SSSR count). The summed E-state index contributed by atoms with van der Waals surface area (Å²) in [5.41, 5.74) is 3.30. The first-order valence-corrected chi connectivity index (χ1v) is 20.6. The number of hydrazine groups is 1. The number of piperidine rings is 1. The summed E-state index contributed by atoms with van der Waals surface area (Å²) in [5.74, 6) is 2.79. The molecule has 15 heteroatoms. The number of nitrogens with one attached hydrogen (secondary N) is 3. The normalized spacial score (nSPS) is 17.8. The van der Waals surface area contributed by atoms with Gasteiger partial charge in [-0.1, -0.05) is 83.9 Å². The minimum Gasteiger partial charge on any atom is -0.455 e. The van der Waals surface area contributed by atoms with Crippen LogP contribution < -0.4 is 21.9 Å². The number of nitrogens with two attached hydrogens (primary N) is 1. The molecular formula is C41H63N7O7S. The van der Waals surface area contributed by atoms with Crippen molar-refractivity contribution in [3.05, 3.63) is 64.6 Å². The molecule has 1 aromatic carbocycles. The van der Waals surface area contributed by atoms with E-state index in [0.717, 1.165) is 31.4 Å². The van der Waals surface area contributed by atoms with Gasteiger partial charge in [-0.25, -0.2) is 10.8 Å². The number of likely N-dealkylation sites (tertiary alicyclic amines) is 1. The summed E-state index contributed by atoms with van der Waals surface area (Å²) in [6.45, 7) is 15.6. The summed E-state index contributed by atoms with van der Waals surface area (Å²) < 4.78 is 11.7. The molecule has 4 amide bonds. The molecule has 0 saturated carbocycles. The highest BCUT2D eigenvalue weighted by atomic mass is 32.1. The van der Waals surface area contributed by atoms with Crippen molar-refractivity contribution in [2.75, 3.05) is 26.9 Å². The standard InChI is InChI=1S/C41H63N7O7S/c1-9-20-54-25-48(41(53)36(27(5)10-2)45-39(52)33-18-14-15-19-47(33)8)34(26(3)4)23-35(55-29(7)49)40-44-32(24-56-40)38(51)43-31(21-28(6)37(50)46-42)22-30-16-12-11-13-17-30/h9,11-13,16-17,24,26-28,31,33-36H,1,10,14-15,18-23,25,42H2,2-8H3,(H,43,51)(H,45,52)(H,46,50)/t27?,28-,31+,33+,34+,35+,36-/m0/s1. The van der Waals surface area contributed by atoms with Gasteiger partial charge in [-0.05, 0) is 56.7 Å². The second kappa shape index (κ2) is 23.1. The molecule has 310 valence electrons. The Labute approximate surface area is 336 Å². The van der Waals surface area contributed by atoms with E-state index in [0.29, 0.717) is 24.3 Å². The van der Waals surface area contributed by atoms with Gasteiger partial charge in [-0.15, -0.1) is 17.9 Å². The fourth-order valence-electron chi connectivity index (χ4n) is 7.02. The molecule has 1 unspecified atom stereocenters. The van der Waals surface area contributed by atoms with Gasteiger partial charge in [0, 0.05) is 36.7 Å². The number of aromatic nitrogens is 1. The van der Waals surface area contributed by atoms with Gasteiger partial charge >= 0.3 is 5.97 Å². The lowest BCUT2D eigenvalue weighted by Gasteiger charge is -2.39. The van der Waals surface area contributed by atoms with Crippen molar-refractivity contribution in [3.8, 4) is 0 Å². The molecule has 14 nitrogen and oxygen atoms in total. The Bertz CT molecular complexity index is 1590. The Balaban J connectivity index is 1.91. The fraction of sp³-hybridized carbons (Fsp3) is 0.610. The molecule has 56 heavy (non-hydrogen) atoms. The predicted octanol–water partition coefficient (Wildman–Crippen LogP) is 4.52. The minimum absolute atomic E-state index is 0.0818. The minimum atomic E-state index is -0.901. The smallest absolute Gasteiger partial charge is 0.303 e. The molecule has 0 aliphatic carbocycles. The van der Waals surface area contributed by atoms with Crippen LogP contribution in [0.25, 0.3) is 0 Å². The van der Waals surface area contributed by atoms with Crippen LogP contribution in [-0.4, -0.2) is 95.5 Å². The molecule has 2 heterocycles. The number of likely N-dealkylation sites (N-methyl/N-ethyl adjacent to an activating group) is 1. The maximum Gasteiger partial charge on any atom is 0.303 e. The highest BCUT2D eigenvalue weighted by Gasteiger charge is 2.39. The zero-order valence-corrected chi connectivity index (χ0v) is 34.9. The summed E-state index contributed by atoms with van der Waals surface area (Å²) >= 11 is 1.18. The topological polar surface area (TPSA) is 185 Å². The second-order valence-electron chi connectivity index (χ2n) is 15.2. The van der Waals surface area contributed by atoms with Crippen LogP contribution in [-0.2, 0) is 35.1 Å². The SMILES string of the molecule is C=CCOCN(C(=O)[C@@H](NC(=O)[C@H]1CCCCN1C)C(C)CC)[C@H](C[C@@H](OC(C)=O)c1nc(C(=O)N[C@@H](Cc2ccccc2)C[C@H](C)C(=O)NN)cs1)C(C)C. The first kappa shape index (κ1) is 46.2. The van der Waals surface area contributed by atoms with Crippen molar-refractivity contribution in [2.24, 2.45) is 23.6 Å². The maximum atomic E-state index is 14.7. The third kappa shape index (κ3) is 13.8. The monoisotopic (exact) mass is 797 g/mol. The molecule has 0 radical (unpaired) electrons. The van der Waals surface area contributed by atoms with Gasteiger partial charge in [-0.2, -0.15) is 0 Å². The third-order valence-corrected chi connectivity index (χ3v) is 11.4. The lowest BCUT2D eigenvalue weighted by atomic mass is 9.92. The Morgan fingerprint density at radius 2 is 1.80 bits per heavy atom. The Hall–Kier alpha value is -4.18.